The number of carbonyl (C=O) groups is 2. The van der Waals surface area contributed by atoms with Crippen LogP contribution in [-0.2, 0) is 0 Å². The lowest BCUT2D eigenvalue weighted by Crippen LogP contribution is -2.49. The molecule has 0 atom stereocenters. The fraction of sp³-hybridized carbons (Fsp3) is 0.714. The van der Waals surface area contributed by atoms with Crippen LogP contribution in [0.25, 0.3) is 0 Å². The number of nitrogens with zero attached hydrogens (tertiary/aromatic N) is 3. The van der Waals surface area contributed by atoms with Crippen molar-refractivity contribution in [2.75, 3.05) is 27.2 Å². The van der Waals surface area contributed by atoms with Gasteiger partial charge >= 0.3 is 12.1 Å². The third-order valence-corrected chi connectivity index (χ3v) is 1.63. The van der Waals surface area contributed by atoms with E-state index in [1.54, 1.807) is 14.1 Å². The second-order valence-corrected chi connectivity index (χ2v) is 2.85. The molecule has 0 bridgehead atoms. The van der Waals surface area contributed by atoms with Gasteiger partial charge < -0.3 is 4.90 Å². The summed E-state index contributed by atoms with van der Waals surface area (Å²) in [5, 5.41) is 3.65. The minimum atomic E-state index is -0.417. The highest BCUT2D eigenvalue weighted by Crippen LogP contribution is 2.02. The maximum atomic E-state index is 11.3. The van der Waals surface area contributed by atoms with E-state index in [1.807, 2.05) is 0 Å². The lowest BCUT2D eigenvalue weighted by Gasteiger charge is -2.26. The van der Waals surface area contributed by atoms with Crippen molar-refractivity contribution in [3.05, 3.63) is 0 Å². The molecule has 1 fully saturated rings. The molecule has 0 aromatic carbocycles. The quantitative estimate of drug-likeness (QED) is 0.517. The molecule has 0 N–H and O–H groups in total. The number of carbonyl (C=O) groups excluding carboxylic acids is 2. The standard InChI is InChI=1S/C7H12N3O2/c1-9(2)7(12)10-5-3-4-8-6(10)11/h3-5H2,1-2H3. The number of imide groups is 1. The Balaban J connectivity index is 2.60. The highest BCUT2D eigenvalue weighted by atomic mass is 16.2. The van der Waals surface area contributed by atoms with Crippen LogP contribution >= 0.6 is 0 Å². The summed E-state index contributed by atoms with van der Waals surface area (Å²) >= 11 is 0. The molecular weight excluding hydrogens is 158 g/mol. The fourth-order valence-electron chi connectivity index (χ4n) is 1.00. The van der Waals surface area contributed by atoms with Crippen LogP contribution in [0.3, 0.4) is 0 Å². The summed E-state index contributed by atoms with van der Waals surface area (Å²) < 4.78 is 0. The number of urea groups is 2. The summed E-state index contributed by atoms with van der Waals surface area (Å²) in [6.45, 7) is 1.02. The first-order valence-electron chi connectivity index (χ1n) is 3.83. The van der Waals surface area contributed by atoms with E-state index < -0.39 is 6.03 Å². The summed E-state index contributed by atoms with van der Waals surface area (Å²) in [5.74, 6) is 0. The molecular formula is C7H12N3O2. The van der Waals surface area contributed by atoms with Crippen molar-refractivity contribution in [1.82, 2.24) is 15.1 Å². The fourth-order valence-corrected chi connectivity index (χ4v) is 1.00. The van der Waals surface area contributed by atoms with Gasteiger partial charge in [-0.25, -0.2) is 19.8 Å². The number of hydrogen-bond donors (Lipinski definition) is 0. The Morgan fingerprint density at radius 1 is 1.58 bits per heavy atom. The first-order valence-corrected chi connectivity index (χ1v) is 3.83. The third kappa shape index (κ3) is 1.66. The SMILES string of the molecule is CN(C)C(=O)N1CCC[N]C1=O. The van der Waals surface area contributed by atoms with Crippen molar-refractivity contribution in [3.8, 4) is 0 Å². The van der Waals surface area contributed by atoms with E-state index in [-0.39, 0.29) is 6.03 Å². The van der Waals surface area contributed by atoms with E-state index in [1.165, 1.54) is 4.90 Å². The Labute approximate surface area is 71.3 Å². The number of amides is 4. The van der Waals surface area contributed by atoms with Crippen molar-refractivity contribution in [1.29, 1.82) is 0 Å². The average molecular weight is 170 g/mol. The second kappa shape index (κ2) is 3.42. The first-order chi connectivity index (χ1) is 5.63. The van der Waals surface area contributed by atoms with E-state index in [2.05, 4.69) is 5.32 Å². The molecule has 1 saturated heterocycles. The zero-order valence-corrected chi connectivity index (χ0v) is 7.28. The van der Waals surface area contributed by atoms with E-state index >= 15 is 0 Å². The number of hydrogen-bond acceptors (Lipinski definition) is 2. The van der Waals surface area contributed by atoms with Gasteiger partial charge in [-0.05, 0) is 6.42 Å². The van der Waals surface area contributed by atoms with Crippen LogP contribution in [-0.4, -0.2) is 49.0 Å². The molecule has 1 heterocycles. The second-order valence-electron chi connectivity index (χ2n) is 2.85. The molecule has 0 spiro atoms. The van der Waals surface area contributed by atoms with Gasteiger partial charge in [-0.3, -0.25) is 0 Å². The molecule has 67 valence electrons. The summed E-state index contributed by atoms with van der Waals surface area (Å²) in [7, 11) is 3.23. The predicted octanol–water partition coefficient (Wildman–Crippen LogP) is 0.0981. The lowest BCUT2D eigenvalue weighted by atomic mass is 10.3. The van der Waals surface area contributed by atoms with Crippen LogP contribution in [0, 0.1) is 0 Å². The molecule has 1 radical (unpaired) electrons. The Kier molecular flexibility index (Phi) is 2.52. The molecule has 1 rings (SSSR count). The van der Waals surface area contributed by atoms with Crippen LogP contribution in [0.2, 0.25) is 0 Å². The Morgan fingerprint density at radius 3 is 2.75 bits per heavy atom. The minimum Gasteiger partial charge on any atom is -0.330 e. The highest BCUT2D eigenvalue weighted by molar-refractivity contribution is 5.93. The van der Waals surface area contributed by atoms with Gasteiger partial charge in [0.1, 0.15) is 0 Å². The Bertz CT molecular complexity index is 203. The van der Waals surface area contributed by atoms with Gasteiger partial charge in [0.15, 0.2) is 0 Å². The molecule has 5 nitrogen and oxygen atoms in total. The minimum absolute atomic E-state index is 0.288. The topological polar surface area (TPSA) is 54.7 Å². The van der Waals surface area contributed by atoms with Gasteiger partial charge in [0.25, 0.3) is 0 Å². The largest absolute Gasteiger partial charge is 0.347 e. The number of rotatable bonds is 0. The predicted molar refractivity (Wildman–Crippen MR) is 42.8 cm³/mol. The monoisotopic (exact) mass is 170 g/mol. The van der Waals surface area contributed by atoms with Crippen LogP contribution in [0.1, 0.15) is 6.42 Å². The van der Waals surface area contributed by atoms with Crippen molar-refractivity contribution >= 4 is 12.1 Å². The van der Waals surface area contributed by atoms with Crippen LogP contribution in [0.4, 0.5) is 9.59 Å². The van der Waals surface area contributed by atoms with Crippen molar-refractivity contribution in [3.63, 3.8) is 0 Å². The lowest BCUT2D eigenvalue weighted by molar-refractivity contribution is 0.160. The maximum Gasteiger partial charge on any atom is 0.347 e. The smallest absolute Gasteiger partial charge is 0.330 e. The van der Waals surface area contributed by atoms with Crippen molar-refractivity contribution in [2.24, 2.45) is 0 Å². The molecule has 0 saturated carbocycles. The molecule has 0 aliphatic carbocycles. The van der Waals surface area contributed by atoms with Gasteiger partial charge in [-0.2, -0.15) is 0 Å². The molecule has 0 unspecified atom stereocenters. The van der Waals surface area contributed by atoms with E-state index in [0.29, 0.717) is 13.1 Å². The normalized spacial score (nSPS) is 17.2. The zero-order chi connectivity index (χ0) is 9.14. The first kappa shape index (κ1) is 8.83. The molecule has 1 aliphatic rings. The molecule has 0 aromatic rings. The Morgan fingerprint density at radius 2 is 2.25 bits per heavy atom. The van der Waals surface area contributed by atoms with Gasteiger partial charge in [0.2, 0.25) is 0 Å². The van der Waals surface area contributed by atoms with Crippen LogP contribution in [0.5, 0.6) is 0 Å². The highest BCUT2D eigenvalue weighted by Gasteiger charge is 2.26. The van der Waals surface area contributed by atoms with Gasteiger partial charge in [-0.15, -0.1) is 0 Å². The maximum absolute atomic E-state index is 11.3. The molecule has 5 heteroatoms. The average Bonchev–Trinajstić information content (AvgIpc) is 2.04. The van der Waals surface area contributed by atoms with Gasteiger partial charge in [0.05, 0.1) is 0 Å². The summed E-state index contributed by atoms with van der Waals surface area (Å²) in [4.78, 5) is 24.9. The molecule has 12 heavy (non-hydrogen) atoms. The van der Waals surface area contributed by atoms with Crippen LogP contribution in [0.15, 0.2) is 0 Å². The Hall–Kier alpha value is -1.26. The van der Waals surface area contributed by atoms with E-state index in [0.717, 1.165) is 11.3 Å². The van der Waals surface area contributed by atoms with Gasteiger partial charge in [-0.1, -0.05) is 0 Å². The summed E-state index contributed by atoms with van der Waals surface area (Å²) in [5.41, 5.74) is 0. The van der Waals surface area contributed by atoms with Crippen molar-refractivity contribution in [2.45, 2.75) is 6.42 Å². The van der Waals surface area contributed by atoms with E-state index in [4.69, 9.17) is 0 Å². The molecule has 4 amide bonds. The van der Waals surface area contributed by atoms with E-state index in [9.17, 15) is 9.59 Å². The summed E-state index contributed by atoms with van der Waals surface area (Å²) in [6.07, 6.45) is 0.769. The molecule has 0 aromatic heterocycles. The zero-order valence-electron chi connectivity index (χ0n) is 7.28. The van der Waals surface area contributed by atoms with Gasteiger partial charge in [0, 0.05) is 27.2 Å². The van der Waals surface area contributed by atoms with Crippen LogP contribution < -0.4 is 5.32 Å². The third-order valence-electron chi connectivity index (χ3n) is 1.63. The molecule has 1 aliphatic heterocycles. The van der Waals surface area contributed by atoms with Crippen molar-refractivity contribution < 1.29 is 9.59 Å². The summed E-state index contributed by atoms with van der Waals surface area (Å²) in [6, 6.07) is -0.705.